The van der Waals surface area contributed by atoms with Gasteiger partial charge in [0.1, 0.15) is 0 Å². The summed E-state index contributed by atoms with van der Waals surface area (Å²) in [5, 5.41) is 4.18. The third-order valence-electron chi connectivity index (χ3n) is 1.51. The van der Waals surface area contributed by atoms with E-state index in [0.717, 1.165) is 35.5 Å². The molecular formula is C7H14N2OS2. The minimum absolute atomic E-state index is 0.654. The van der Waals surface area contributed by atoms with Crippen molar-refractivity contribution in [2.45, 2.75) is 6.92 Å². The van der Waals surface area contributed by atoms with E-state index in [1.54, 1.807) is 11.8 Å². The van der Waals surface area contributed by atoms with Gasteiger partial charge in [0.05, 0.1) is 6.54 Å². The summed E-state index contributed by atoms with van der Waals surface area (Å²) in [7, 11) is -0.654. The second-order valence-corrected chi connectivity index (χ2v) is 5.34. The second kappa shape index (κ2) is 5.59. The van der Waals surface area contributed by atoms with E-state index in [0.29, 0.717) is 0 Å². The van der Waals surface area contributed by atoms with E-state index in [-0.39, 0.29) is 0 Å². The van der Waals surface area contributed by atoms with Crippen LogP contribution >= 0.6 is 11.8 Å². The van der Waals surface area contributed by atoms with Crippen molar-refractivity contribution in [3.05, 3.63) is 0 Å². The molecule has 1 aliphatic heterocycles. The van der Waals surface area contributed by atoms with E-state index in [2.05, 4.69) is 10.3 Å². The normalized spacial score (nSPS) is 18.9. The topological polar surface area (TPSA) is 41.5 Å². The number of thioether (sulfide) groups is 1. The highest BCUT2D eigenvalue weighted by molar-refractivity contribution is 8.14. The molecule has 0 radical (unpaired) electrons. The molecule has 0 saturated heterocycles. The molecular weight excluding hydrogens is 192 g/mol. The number of nitrogens with one attached hydrogen (secondary N) is 1. The minimum atomic E-state index is -0.654. The Kier molecular flexibility index (Phi) is 4.68. The summed E-state index contributed by atoms with van der Waals surface area (Å²) in [6, 6.07) is 0. The monoisotopic (exact) mass is 206 g/mol. The summed E-state index contributed by atoms with van der Waals surface area (Å²) in [6.45, 7) is 3.65. The van der Waals surface area contributed by atoms with Gasteiger partial charge in [-0.3, -0.25) is 9.20 Å². The summed E-state index contributed by atoms with van der Waals surface area (Å²) in [4.78, 5) is 4.23. The molecule has 0 aromatic heterocycles. The number of amidine groups is 1. The van der Waals surface area contributed by atoms with Gasteiger partial charge in [0, 0.05) is 34.6 Å². The molecule has 5 heteroatoms. The van der Waals surface area contributed by atoms with E-state index < -0.39 is 10.8 Å². The van der Waals surface area contributed by atoms with Gasteiger partial charge >= 0.3 is 0 Å². The van der Waals surface area contributed by atoms with Crippen LogP contribution in [-0.4, -0.2) is 39.7 Å². The lowest BCUT2D eigenvalue weighted by atomic mass is 10.7. The maximum absolute atomic E-state index is 11.0. The number of nitrogens with zero attached hydrogens (tertiary/aromatic N) is 1. The molecule has 0 aromatic rings. The first-order valence-corrected chi connectivity index (χ1v) is 6.56. The van der Waals surface area contributed by atoms with E-state index in [1.807, 2.05) is 6.92 Å². The zero-order chi connectivity index (χ0) is 8.81. The molecule has 3 nitrogen and oxygen atoms in total. The molecule has 0 aromatic carbocycles. The number of rotatable bonds is 4. The zero-order valence-electron chi connectivity index (χ0n) is 7.21. The third-order valence-corrected chi connectivity index (χ3v) is 3.75. The smallest absolute Gasteiger partial charge is 0.156 e. The Balaban J connectivity index is 2.05. The second-order valence-electron chi connectivity index (χ2n) is 2.39. The molecule has 1 unspecified atom stereocenters. The van der Waals surface area contributed by atoms with Crippen molar-refractivity contribution in [2.24, 2.45) is 4.99 Å². The minimum Gasteiger partial charge on any atom is -0.364 e. The van der Waals surface area contributed by atoms with Crippen LogP contribution in [0.2, 0.25) is 0 Å². The van der Waals surface area contributed by atoms with Crippen LogP contribution in [-0.2, 0) is 10.8 Å². The van der Waals surface area contributed by atoms with Crippen LogP contribution in [0.3, 0.4) is 0 Å². The Labute approximate surface area is 79.9 Å². The molecule has 1 atom stereocenters. The summed E-state index contributed by atoms with van der Waals surface area (Å²) in [5.74, 6) is 2.57. The molecule has 0 spiro atoms. The summed E-state index contributed by atoms with van der Waals surface area (Å²) in [6.07, 6.45) is 0. The van der Waals surface area contributed by atoms with Gasteiger partial charge in [-0.1, -0.05) is 18.7 Å². The van der Waals surface area contributed by atoms with Crippen molar-refractivity contribution in [1.82, 2.24) is 5.32 Å². The average molecular weight is 206 g/mol. The van der Waals surface area contributed by atoms with Gasteiger partial charge in [-0.15, -0.1) is 0 Å². The number of hydrogen-bond donors (Lipinski definition) is 1. The predicted octanol–water partition coefficient (Wildman–Crippen LogP) is 0.447. The van der Waals surface area contributed by atoms with Crippen molar-refractivity contribution in [2.75, 3.05) is 30.3 Å². The van der Waals surface area contributed by atoms with Crippen LogP contribution in [0.15, 0.2) is 4.99 Å². The molecule has 70 valence electrons. The van der Waals surface area contributed by atoms with E-state index in [1.165, 1.54) is 0 Å². The van der Waals surface area contributed by atoms with Crippen molar-refractivity contribution in [3.8, 4) is 0 Å². The highest BCUT2D eigenvalue weighted by atomic mass is 32.2. The van der Waals surface area contributed by atoms with Crippen LogP contribution < -0.4 is 5.32 Å². The Morgan fingerprint density at radius 2 is 2.58 bits per heavy atom. The van der Waals surface area contributed by atoms with Crippen LogP contribution in [0.4, 0.5) is 0 Å². The van der Waals surface area contributed by atoms with Gasteiger partial charge in [0.2, 0.25) is 0 Å². The first-order chi connectivity index (χ1) is 5.83. The summed E-state index contributed by atoms with van der Waals surface area (Å²) >= 11 is 1.74. The van der Waals surface area contributed by atoms with Crippen molar-refractivity contribution in [3.63, 3.8) is 0 Å². The summed E-state index contributed by atoms with van der Waals surface area (Å²) in [5.41, 5.74) is 0. The SMILES string of the molecule is CCS(=O)CCNC1=NCCS1. The maximum Gasteiger partial charge on any atom is 0.156 e. The first-order valence-electron chi connectivity index (χ1n) is 4.09. The highest BCUT2D eigenvalue weighted by Gasteiger charge is 2.05. The van der Waals surface area contributed by atoms with Crippen LogP contribution in [0, 0.1) is 0 Å². The van der Waals surface area contributed by atoms with Gasteiger partial charge in [-0.2, -0.15) is 0 Å². The fraction of sp³-hybridized carbons (Fsp3) is 0.857. The van der Waals surface area contributed by atoms with E-state index in [4.69, 9.17) is 0 Å². The molecule has 0 saturated carbocycles. The van der Waals surface area contributed by atoms with Gasteiger partial charge in [0.25, 0.3) is 0 Å². The fourth-order valence-electron chi connectivity index (χ4n) is 0.858. The Hall–Kier alpha value is -0.0300. The molecule has 1 rings (SSSR count). The van der Waals surface area contributed by atoms with Gasteiger partial charge in [-0.05, 0) is 0 Å². The van der Waals surface area contributed by atoms with Gasteiger partial charge in [0.15, 0.2) is 5.17 Å². The number of aliphatic imine (C=N–C) groups is 1. The van der Waals surface area contributed by atoms with Crippen LogP contribution in [0.25, 0.3) is 0 Å². The van der Waals surface area contributed by atoms with Crippen molar-refractivity contribution in [1.29, 1.82) is 0 Å². The maximum atomic E-state index is 11.0. The quantitative estimate of drug-likeness (QED) is 0.726. The molecule has 0 fully saturated rings. The molecule has 1 N–H and O–H groups in total. The van der Waals surface area contributed by atoms with Crippen molar-refractivity contribution < 1.29 is 4.21 Å². The highest BCUT2D eigenvalue weighted by Crippen LogP contribution is 2.08. The van der Waals surface area contributed by atoms with Crippen molar-refractivity contribution >= 4 is 27.7 Å². The first kappa shape index (κ1) is 10.1. The zero-order valence-corrected chi connectivity index (χ0v) is 8.84. The lowest BCUT2D eigenvalue weighted by Gasteiger charge is -2.03. The average Bonchev–Trinajstić information content (AvgIpc) is 2.57. The molecule has 1 aliphatic rings. The Bertz CT molecular complexity index is 194. The lowest BCUT2D eigenvalue weighted by molar-refractivity contribution is 0.682. The Morgan fingerprint density at radius 3 is 3.17 bits per heavy atom. The molecule has 0 aliphatic carbocycles. The van der Waals surface area contributed by atoms with E-state index in [9.17, 15) is 4.21 Å². The Morgan fingerprint density at radius 1 is 1.75 bits per heavy atom. The van der Waals surface area contributed by atoms with Crippen LogP contribution in [0.1, 0.15) is 6.92 Å². The largest absolute Gasteiger partial charge is 0.364 e. The standard InChI is InChI=1S/C7H14N2OS2/c1-2-12(10)6-4-9-7-8-3-5-11-7/h2-6H2,1H3,(H,8,9). The molecule has 0 amide bonds. The van der Waals surface area contributed by atoms with Crippen LogP contribution in [0.5, 0.6) is 0 Å². The van der Waals surface area contributed by atoms with Gasteiger partial charge in [-0.25, -0.2) is 0 Å². The van der Waals surface area contributed by atoms with E-state index >= 15 is 0 Å². The molecule has 0 bridgehead atoms. The third kappa shape index (κ3) is 3.58. The van der Waals surface area contributed by atoms with Gasteiger partial charge < -0.3 is 5.32 Å². The number of hydrogen-bond acceptors (Lipinski definition) is 4. The predicted molar refractivity (Wildman–Crippen MR) is 56.3 cm³/mol. The molecule has 1 heterocycles. The lowest BCUT2D eigenvalue weighted by Crippen LogP contribution is -2.24. The summed E-state index contributed by atoms with van der Waals surface area (Å²) < 4.78 is 11.0. The molecule has 12 heavy (non-hydrogen) atoms. The fourth-order valence-corrected chi connectivity index (χ4v) is 2.24.